The van der Waals surface area contributed by atoms with E-state index in [1.165, 1.54) is 38.5 Å². The van der Waals surface area contributed by atoms with Gasteiger partial charge in [-0.05, 0) is 48.4 Å². The summed E-state index contributed by atoms with van der Waals surface area (Å²) >= 11 is 0. The van der Waals surface area contributed by atoms with Crippen molar-refractivity contribution in [3.63, 3.8) is 0 Å². The van der Waals surface area contributed by atoms with Gasteiger partial charge in [0.1, 0.15) is 5.75 Å². The summed E-state index contributed by atoms with van der Waals surface area (Å²) < 4.78 is 5.29. The van der Waals surface area contributed by atoms with Gasteiger partial charge in [-0.1, -0.05) is 90.7 Å². The van der Waals surface area contributed by atoms with Gasteiger partial charge >= 0.3 is 5.97 Å². The fourth-order valence-electron chi connectivity index (χ4n) is 3.91. The zero-order chi connectivity index (χ0) is 21.5. The van der Waals surface area contributed by atoms with E-state index in [1.807, 2.05) is 24.3 Å². The van der Waals surface area contributed by atoms with E-state index in [4.69, 9.17) is 4.74 Å². The van der Waals surface area contributed by atoms with Crippen LogP contribution in [0, 0.1) is 5.92 Å². The Morgan fingerprint density at radius 1 is 0.931 bits per heavy atom. The van der Waals surface area contributed by atoms with E-state index in [9.17, 15) is 9.90 Å². The van der Waals surface area contributed by atoms with E-state index in [1.54, 1.807) is 7.11 Å². The van der Waals surface area contributed by atoms with E-state index in [2.05, 4.69) is 20.8 Å². The van der Waals surface area contributed by atoms with Crippen LogP contribution < -0.4 is 4.74 Å². The summed E-state index contributed by atoms with van der Waals surface area (Å²) in [6, 6.07) is 7.91. The van der Waals surface area contributed by atoms with Gasteiger partial charge in [0.15, 0.2) is 0 Å². The molecule has 0 fully saturated rings. The lowest BCUT2D eigenvalue weighted by atomic mass is 9.85. The molecule has 1 rings (SSSR count). The first-order chi connectivity index (χ1) is 14.1. The highest BCUT2D eigenvalue weighted by Crippen LogP contribution is 2.33. The van der Waals surface area contributed by atoms with Crippen LogP contribution in [0.25, 0.3) is 5.57 Å². The van der Waals surface area contributed by atoms with Gasteiger partial charge in [-0.25, -0.2) is 4.79 Å². The minimum absolute atomic E-state index is 0.533. The molecule has 3 nitrogen and oxygen atoms in total. The normalized spacial score (nSPS) is 13.1. The summed E-state index contributed by atoms with van der Waals surface area (Å²) in [6.07, 6.45) is 13.2. The van der Waals surface area contributed by atoms with Crippen LogP contribution in [-0.4, -0.2) is 18.2 Å². The quantitative estimate of drug-likeness (QED) is 0.226. The van der Waals surface area contributed by atoms with Crippen LogP contribution in [0.4, 0.5) is 0 Å². The fraction of sp³-hybridized carbons (Fsp3) is 0.654. The number of hydrogen-bond donors (Lipinski definition) is 1. The standard InChI is InChI=1S/C26H42O3/c1-5-8-10-11-12-13-15-24(26(27)28)25(20-21(7-3)14-9-6-2)22-16-18-23(29-4)19-17-22/h16-19,21H,5-15,20H2,1-4H3,(H,27,28). The highest BCUT2D eigenvalue weighted by atomic mass is 16.5. The lowest BCUT2D eigenvalue weighted by Gasteiger charge is -2.20. The van der Waals surface area contributed by atoms with Gasteiger partial charge < -0.3 is 9.84 Å². The third-order valence-corrected chi connectivity index (χ3v) is 5.88. The molecule has 29 heavy (non-hydrogen) atoms. The van der Waals surface area contributed by atoms with Crippen LogP contribution in [0.5, 0.6) is 5.75 Å². The van der Waals surface area contributed by atoms with Crippen molar-refractivity contribution < 1.29 is 14.6 Å². The largest absolute Gasteiger partial charge is 0.497 e. The van der Waals surface area contributed by atoms with Crippen LogP contribution in [0.1, 0.15) is 103 Å². The van der Waals surface area contributed by atoms with Crippen molar-refractivity contribution in [3.8, 4) is 5.75 Å². The topological polar surface area (TPSA) is 46.5 Å². The molecule has 0 bridgehead atoms. The summed E-state index contributed by atoms with van der Waals surface area (Å²) in [7, 11) is 1.66. The summed E-state index contributed by atoms with van der Waals surface area (Å²) in [5.74, 6) is 0.583. The highest BCUT2D eigenvalue weighted by molar-refractivity contribution is 5.96. The maximum absolute atomic E-state index is 12.2. The molecule has 3 heteroatoms. The zero-order valence-electron chi connectivity index (χ0n) is 19.1. The minimum Gasteiger partial charge on any atom is -0.497 e. The molecule has 0 radical (unpaired) electrons. The number of ether oxygens (including phenoxy) is 1. The Bertz CT molecular complexity index is 601. The molecule has 1 aromatic rings. The number of methoxy groups -OCH3 is 1. The van der Waals surface area contributed by atoms with Gasteiger partial charge in [0.25, 0.3) is 0 Å². The Labute approximate surface area is 178 Å². The first-order valence-corrected chi connectivity index (χ1v) is 11.7. The van der Waals surface area contributed by atoms with Crippen molar-refractivity contribution in [2.75, 3.05) is 7.11 Å². The predicted molar refractivity (Wildman–Crippen MR) is 123 cm³/mol. The number of carboxylic acid groups (broad SMARTS) is 1. The number of rotatable bonds is 16. The Balaban J connectivity index is 3.07. The number of benzene rings is 1. The summed E-state index contributed by atoms with van der Waals surface area (Å²) in [5, 5.41) is 10.0. The van der Waals surface area contributed by atoms with Gasteiger partial charge in [0.2, 0.25) is 0 Å². The number of carbonyl (C=O) groups is 1. The lowest BCUT2D eigenvalue weighted by Crippen LogP contribution is -2.09. The second-order valence-corrected chi connectivity index (χ2v) is 8.13. The van der Waals surface area contributed by atoms with E-state index in [0.717, 1.165) is 49.0 Å². The van der Waals surface area contributed by atoms with Crippen LogP contribution in [-0.2, 0) is 4.79 Å². The molecule has 164 valence electrons. The van der Waals surface area contributed by atoms with Crippen LogP contribution in [0.15, 0.2) is 29.8 Å². The SMILES string of the molecule is CCCCCCCCC(C(=O)O)=C(CC(CC)CCCC)c1ccc(OC)cc1. The molecule has 0 aromatic heterocycles. The number of aliphatic carboxylic acids is 1. The fourth-order valence-corrected chi connectivity index (χ4v) is 3.91. The molecule has 0 aliphatic carbocycles. The average Bonchev–Trinajstić information content (AvgIpc) is 2.74. The molecule has 0 heterocycles. The molecule has 0 spiro atoms. The molecule has 0 saturated carbocycles. The second kappa shape index (κ2) is 15.1. The first kappa shape index (κ1) is 25.3. The van der Waals surface area contributed by atoms with Crippen molar-refractivity contribution in [1.82, 2.24) is 0 Å². The maximum Gasteiger partial charge on any atom is 0.331 e. The molecule has 1 N–H and O–H groups in total. The van der Waals surface area contributed by atoms with Gasteiger partial charge in [0.05, 0.1) is 7.11 Å². The van der Waals surface area contributed by atoms with Crippen molar-refractivity contribution in [1.29, 1.82) is 0 Å². The van der Waals surface area contributed by atoms with Gasteiger partial charge in [-0.2, -0.15) is 0 Å². The minimum atomic E-state index is -0.755. The lowest BCUT2D eigenvalue weighted by molar-refractivity contribution is -0.132. The van der Waals surface area contributed by atoms with Crippen LogP contribution in [0.2, 0.25) is 0 Å². The van der Waals surface area contributed by atoms with E-state index in [0.29, 0.717) is 17.9 Å². The average molecular weight is 403 g/mol. The Hall–Kier alpha value is -1.77. The number of hydrogen-bond acceptors (Lipinski definition) is 2. The van der Waals surface area contributed by atoms with Crippen molar-refractivity contribution in [2.45, 2.75) is 97.8 Å². The van der Waals surface area contributed by atoms with Crippen molar-refractivity contribution in [2.24, 2.45) is 5.92 Å². The van der Waals surface area contributed by atoms with Gasteiger partial charge in [-0.3, -0.25) is 0 Å². The number of allylic oxidation sites excluding steroid dienone is 1. The Morgan fingerprint density at radius 3 is 2.10 bits per heavy atom. The molecule has 0 amide bonds. The number of carboxylic acids is 1. The van der Waals surface area contributed by atoms with Gasteiger partial charge in [0, 0.05) is 5.57 Å². The summed E-state index contributed by atoms with van der Waals surface area (Å²) in [5.41, 5.74) is 2.67. The molecule has 0 aliphatic rings. The molecule has 0 saturated heterocycles. The molecule has 1 atom stereocenters. The van der Waals surface area contributed by atoms with E-state index in [-0.39, 0.29) is 0 Å². The smallest absolute Gasteiger partial charge is 0.331 e. The molecule has 1 aromatic carbocycles. The third-order valence-electron chi connectivity index (χ3n) is 5.88. The third kappa shape index (κ3) is 9.51. The maximum atomic E-state index is 12.2. The molecule has 0 aliphatic heterocycles. The predicted octanol–water partition coefficient (Wildman–Crippen LogP) is 7.89. The number of unbranched alkanes of at least 4 members (excludes halogenated alkanes) is 6. The Morgan fingerprint density at radius 2 is 1.55 bits per heavy atom. The highest BCUT2D eigenvalue weighted by Gasteiger charge is 2.19. The summed E-state index contributed by atoms with van der Waals surface area (Å²) in [6.45, 7) is 6.66. The Kier molecular flexibility index (Phi) is 13.2. The van der Waals surface area contributed by atoms with E-state index >= 15 is 0 Å². The summed E-state index contributed by atoms with van der Waals surface area (Å²) in [4.78, 5) is 12.2. The van der Waals surface area contributed by atoms with Crippen molar-refractivity contribution >= 4 is 11.5 Å². The second-order valence-electron chi connectivity index (χ2n) is 8.13. The monoisotopic (exact) mass is 402 g/mol. The molecular weight excluding hydrogens is 360 g/mol. The van der Waals surface area contributed by atoms with Crippen molar-refractivity contribution in [3.05, 3.63) is 35.4 Å². The van der Waals surface area contributed by atoms with Crippen LogP contribution in [0.3, 0.4) is 0 Å². The van der Waals surface area contributed by atoms with E-state index < -0.39 is 5.97 Å². The molecule has 1 unspecified atom stereocenters. The first-order valence-electron chi connectivity index (χ1n) is 11.7. The molecular formula is C26H42O3. The zero-order valence-corrected chi connectivity index (χ0v) is 19.1. The van der Waals surface area contributed by atoms with Gasteiger partial charge in [-0.15, -0.1) is 0 Å². The van der Waals surface area contributed by atoms with Crippen LogP contribution >= 0.6 is 0 Å².